The van der Waals surface area contributed by atoms with Crippen molar-refractivity contribution in [3.63, 3.8) is 0 Å². The van der Waals surface area contributed by atoms with Crippen molar-refractivity contribution in [1.29, 1.82) is 0 Å². The van der Waals surface area contributed by atoms with Gasteiger partial charge in [-0.1, -0.05) is 19.1 Å². The Morgan fingerprint density at radius 1 is 1.43 bits per heavy atom. The quantitative estimate of drug-likeness (QED) is 0.588. The lowest BCUT2D eigenvalue weighted by Crippen LogP contribution is -2.10. The van der Waals surface area contributed by atoms with Gasteiger partial charge in [0.1, 0.15) is 11.4 Å². The molecule has 0 aliphatic rings. The Kier molecular flexibility index (Phi) is 3.98. The van der Waals surface area contributed by atoms with Gasteiger partial charge in [0.2, 0.25) is 0 Å². The predicted molar refractivity (Wildman–Crippen MR) is 59.2 cm³/mol. The lowest BCUT2D eigenvalue weighted by atomic mass is 10.3. The van der Waals surface area contributed by atoms with Gasteiger partial charge in [-0.25, -0.2) is 4.99 Å². The SMILES string of the molecule is CCCC(N)=Nc1ccccc1OC. The van der Waals surface area contributed by atoms with Gasteiger partial charge in [-0.05, 0) is 18.6 Å². The molecule has 1 aromatic rings. The molecule has 0 amide bonds. The standard InChI is InChI=1S/C11H16N2O/c1-3-6-11(12)13-9-7-4-5-8-10(9)14-2/h4-5,7-8H,3,6H2,1-2H3,(H2,12,13). The van der Waals surface area contributed by atoms with E-state index in [1.807, 2.05) is 24.3 Å². The van der Waals surface area contributed by atoms with Crippen molar-refractivity contribution in [3.8, 4) is 5.75 Å². The van der Waals surface area contributed by atoms with Crippen LogP contribution in [0, 0.1) is 0 Å². The summed E-state index contributed by atoms with van der Waals surface area (Å²) in [7, 11) is 1.63. The van der Waals surface area contributed by atoms with Crippen molar-refractivity contribution in [2.75, 3.05) is 7.11 Å². The van der Waals surface area contributed by atoms with Crippen LogP contribution in [0.5, 0.6) is 5.75 Å². The number of ether oxygens (including phenoxy) is 1. The molecule has 3 nitrogen and oxygen atoms in total. The third-order valence-electron chi connectivity index (χ3n) is 1.86. The van der Waals surface area contributed by atoms with Crippen molar-refractivity contribution < 1.29 is 4.74 Å². The maximum atomic E-state index is 5.73. The number of nitrogens with two attached hydrogens (primary N) is 1. The first-order chi connectivity index (χ1) is 6.77. The summed E-state index contributed by atoms with van der Waals surface area (Å²) in [4.78, 5) is 4.29. The molecular formula is C11H16N2O. The fourth-order valence-corrected chi connectivity index (χ4v) is 1.19. The fourth-order valence-electron chi connectivity index (χ4n) is 1.19. The van der Waals surface area contributed by atoms with Crippen LogP contribution >= 0.6 is 0 Å². The molecule has 1 rings (SSSR count). The first kappa shape index (κ1) is 10.6. The molecule has 0 bridgehead atoms. The maximum Gasteiger partial charge on any atom is 0.144 e. The van der Waals surface area contributed by atoms with E-state index in [4.69, 9.17) is 10.5 Å². The van der Waals surface area contributed by atoms with E-state index >= 15 is 0 Å². The third-order valence-corrected chi connectivity index (χ3v) is 1.86. The van der Waals surface area contributed by atoms with Crippen LogP contribution in [0.25, 0.3) is 0 Å². The highest BCUT2D eigenvalue weighted by Gasteiger charge is 1.99. The van der Waals surface area contributed by atoms with Crippen molar-refractivity contribution in [2.45, 2.75) is 19.8 Å². The van der Waals surface area contributed by atoms with Gasteiger partial charge in [-0.15, -0.1) is 0 Å². The van der Waals surface area contributed by atoms with Gasteiger partial charge in [-0.3, -0.25) is 0 Å². The number of nitrogens with zero attached hydrogens (tertiary/aromatic N) is 1. The van der Waals surface area contributed by atoms with Gasteiger partial charge in [0.25, 0.3) is 0 Å². The first-order valence-electron chi connectivity index (χ1n) is 4.74. The number of para-hydroxylation sites is 2. The minimum atomic E-state index is 0.650. The summed E-state index contributed by atoms with van der Waals surface area (Å²) in [6.45, 7) is 2.07. The number of rotatable bonds is 4. The number of amidine groups is 1. The Bertz CT molecular complexity index is 321. The van der Waals surface area contributed by atoms with Gasteiger partial charge in [0.15, 0.2) is 0 Å². The molecule has 0 saturated heterocycles. The molecule has 0 saturated carbocycles. The number of hydrogen-bond acceptors (Lipinski definition) is 2. The van der Waals surface area contributed by atoms with Crippen LogP contribution < -0.4 is 10.5 Å². The van der Waals surface area contributed by atoms with E-state index in [0.717, 1.165) is 24.3 Å². The lowest BCUT2D eigenvalue weighted by Gasteiger charge is -2.04. The van der Waals surface area contributed by atoms with Gasteiger partial charge in [0, 0.05) is 6.42 Å². The van der Waals surface area contributed by atoms with Crippen molar-refractivity contribution in [1.82, 2.24) is 0 Å². The minimum Gasteiger partial charge on any atom is -0.494 e. The van der Waals surface area contributed by atoms with Crippen LogP contribution in [0.1, 0.15) is 19.8 Å². The molecule has 0 aliphatic heterocycles. The molecule has 0 radical (unpaired) electrons. The topological polar surface area (TPSA) is 47.6 Å². The van der Waals surface area contributed by atoms with E-state index in [9.17, 15) is 0 Å². The normalized spacial score (nSPS) is 11.4. The number of hydrogen-bond donors (Lipinski definition) is 1. The molecule has 0 aliphatic carbocycles. The Morgan fingerprint density at radius 2 is 2.14 bits per heavy atom. The average molecular weight is 192 g/mol. The molecule has 0 spiro atoms. The molecule has 14 heavy (non-hydrogen) atoms. The van der Waals surface area contributed by atoms with Gasteiger partial charge in [0.05, 0.1) is 12.9 Å². The van der Waals surface area contributed by atoms with E-state index in [2.05, 4.69) is 11.9 Å². The van der Waals surface area contributed by atoms with Crippen LogP contribution in [0.15, 0.2) is 29.3 Å². The monoisotopic (exact) mass is 192 g/mol. The van der Waals surface area contributed by atoms with Crippen LogP contribution in [-0.2, 0) is 0 Å². The Balaban J connectivity index is 2.89. The second-order valence-electron chi connectivity index (χ2n) is 3.02. The van der Waals surface area contributed by atoms with Crippen molar-refractivity contribution in [2.24, 2.45) is 10.7 Å². The highest BCUT2D eigenvalue weighted by Crippen LogP contribution is 2.26. The third kappa shape index (κ3) is 2.76. The highest BCUT2D eigenvalue weighted by molar-refractivity contribution is 5.83. The summed E-state index contributed by atoms with van der Waals surface area (Å²) >= 11 is 0. The van der Waals surface area contributed by atoms with Gasteiger partial charge in [-0.2, -0.15) is 0 Å². The molecule has 0 heterocycles. The van der Waals surface area contributed by atoms with Crippen LogP contribution in [-0.4, -0.2) is 12.9 Å². The van der Waals surface area contributed by atoms with Crippen LogP contribution in [0.2, 0.25) is 0 Å². The molecule has 2 N–H and O–H groups in total. The van der Waals surface area contributed by atoms with Crippen LogP contribution in [0.4, 0.5) is 5.69 Å². The second kappa shape index (κ2) is 5.27. The molecule has 0 aromatic heterocycles. The zero-order valence-corrected chi connectivity index (χ0v) is 8.66. The summed E-state index contributed by atoms with van der Waals surface area (Å²) < 4.78 is 5.16. The molecule has 76 valence electrons. The number of methoxy groups -OCH3 is 1. The minimum absolute atomic E-state index is 0.650. The van der Waals surface area contributed by atoms with E-state index in [-0.39, 0.29) is 0 Å². The number of aliphatic imine (C=N–C) groups is 1. The summed E-state index contributed by atoms with van der Waals surface area (Å²) in [5.41, 5.74) is 6.53. The van der Waals surface area contributed by atoms with E-state index in [0.29, 0.717) is 5.84 Å². The summed E-state index contributed by atoms with van der Waals surface area (Å²) in [6, 6.07) is 7.59. The van der Waals surface area contributed by atoms with E-state index < -0.39 is 0 Å². The molecule has 0 unspecified atom stereocenters. The zero-order valence-electron chi connectivity index (χ0n) is 8.66. The molecule has 0 fully saturated rings. The fraction of sp³-hybridized carbons (Fsp3) is 0.364. The Hall–Kier alpha value is -1.51. The number of benzene rings is 1. The predicted octanol–water partition coefficient (Wildman–Crippen LogP) is 2.48. The summed E-state index contributed by atoms with van der Waals surface area (Å²) in [5, 5.41) is 0. The molecule has 3 heteroatoms. The van der Waals surface area contributed by atoms with E-state index in [1.54, 1.807) is 7.11 Å². The summed E-state index contributed by atoms with van der Waals surface area (Å²) in [5.74, 6) is 1.41. The lowest BCUT2D eigenvalue weighted by molar-refractivity contribution is 0.416. The summed E-state index contributed by atoms with van der Waals surface area (Å²) in [6.07, 6.45) is 1.82. The Morgan fingerprint density at radius 3 is 2.79 bits per heavy atom. The molecular weight excluding hydrogens is 176 g/mol. The Labute approximate surface area is 84.6 Å². The highest BCUT2D eigenvalue weighted by atomic mass is 16.5. The van der Waals surface area contributed by atoms with Crippen molar-refractivity contribution in [3.05, 3.63) is 24.3 Å². The second-order valence-corrected chi connectivity index (χ2v) is 3.02. The maximum absolute atomic E-state index is 5.73. The molecule has 0 atom stereocenters. The largest absolute Gasteiger partial charge is 0.494 e. The smallest absolute Gasteiger partial charge is 0.144 e. The van der Waals surface area contributed by atoms with Gasteiger partial charge < -0.3 is 10.5 Å². The van der Waals surface area contributed by atoms with Gasteiger partial charge >= 0.3 is 0 Å². The average Bonchev–Trinajstić information content (AvgIpc) is 2.19. The zero-order chi connectivity index (χ0) is 10.4. The van der Waals surface area contributed by atoms with E-state index in [1.165, 1.54) is 0 Å². The first-order valence-corrected chi connectivity index (χ1v) is 4.74. The molecule has 1 aromatic carbocycles. The van der Waals surface area contributed by atoms with Crippen LogP contribution in [0.3, 0.4) is 0 Å². The van der Waals surface area contributed by atoms with Crippen molar-refractivity contribution >= 4 is 11.5 Å².